The first-order valence-electron chi connectivity index (χ1n) is 11.6. The maximum Gasteiger partial charge on any atom is 0.490 e. The molecule has 0 bridgehead atoms. The quantitative estimate of drug-likeness (QED) is 0.0854. The molecule has 41 heavy (non-hydrogen) atoms. The number of benzene rings is 2. The molecule has 1 atom stereocenters. The van der Waals surface area contributed by atoms with E-state index in [0.29, 0.717) is 24.3 Å². The molecular formula is C25H28F6N4O6. The van der Waals surface area contributed by atoms with Gasteiger partial charge in [-0.25, -0.2) is 4.79 Å². The number of amides is 2. The van der Waals surface area contributed by atoms with Gasteiger partial charge in [-0.1, -0.05) is 6.07 Å². The fourth-order valence-corrected chi connectivity index (χ4v) is 3.01. The molecule has 2 aromatic carbocycles. The lowest BCUT2D eigenvalue weighted by Crippen LogP contribution is -2.30. The zero-order valence-corrected chi connectivity index (χ0v) is 21.8. The van der Waals surface area contributed by atoms with Crippen molar-refractivity contribution >= 4 is 29.3 Å². The van der Waals surface area contributed by atoms with Gasteiger partial charge in [0.15, 0.2) is 0 Å². The molecule has 1 unspecified atom stereocenters. The largest absolute Gasteiger partial charge is 0.493 e. The number of nitrogen functional groups attached to an aromatic ring is 1. The number of carboxylic acid groups (broad SMARTS) is 1. The Kier molecular flexibility index (Phi) is 13.1. The molecule has 0 saturated heterocycles. The van der Waals surface area contributed by atoms with E-state index in [-0.39, 0.29) is 23.8 Å². The summed E-state index contributed by atoms with van der Waals surface area (Å²) in [5.74, 6) is -4.44. The van der Waals surface area contributed by atoms with Gasteiger partial charge < -0.3 is 30.9 Å². The first-order chi connectivity index (χ1) is 18.9. The van der Waals surface area contributed by atoms with Crippen molar-refractivity contribution < 1.29 is 55.3 Å². The highest BCUT2D eigenvalue weighted by molar-refractivity contribution is 6.04. The van der Waals surface area contributed by atoms with Crippen LogP contribution in [0.3, 0.4) is 0 Å². The van der Waals surface area contributed by atoms with Crippen molar-refractivity contribution in [3.63, 3.8) is 0 Å². The molecule has 0 aromatic heterocycles. The monoisotopic (exact) mass is 594 g/mol. The van der Waals surface area contributed by atoms with Crippen molar-refractivity contribution in [2.75, 3.05) is 25.6 Å². The lowest BCUT2D eigenvalue weighted by Gasteiger charge is -2.19. The number of carboxylic acids is 1. The average molecular weight is 595 g/mol. The zero-order chi connectivity index (χ0) is 31.4. The Balaban J connectivity index is 0.00000106. The number of amidine groups is 1. The molecule has 10 nitrogen and oxygen atoms in total. The van der Waals surface area contributed by atoms with E-state index in [1.54, 1.807) is 12.1 Å². The number of nitrogens with two attached hydrogens (primary N) is 1. The van der Waals surface area contributed by atoms with Gasteiger partial charge in [0, 0.05) is 31.4 Å². The number of methoxy groups -OCH3 is 1. The van der Waals surface area contributed by atoms with Crippen LogP contribution < -0.4 is 21.1 Å². The second-order valence-electron chi connectivity index (χ2n) is 8.26. The van der Waals surface area contributed by atoms with Gasteiger partial charge in [-0.3, -0.25) is 15.0 Å². The number of anilines is 1. The summed E-state index contributed by atoms with van der Waals surface area (Å²) in [6.07, 6.45) is -9.81. The molecule has 16 heteroatoms. The van der Waals surface area contributed by atoms with Gasteiger partial charge in [0.05, 0.1) is 18.2 Å². The minimum Gasteiger partial charge on any atom is -0.493 e. The van der Waals surface area contributed by atoms with Crippen LogP contribution in [-0.2, 0) is 25.3 Å². The van der Waals surface area contributed by atoms with Gasteiger partial charge in [0.25, 0.3) is 0 Å². The molecule has 6 N–H and O–H groups in total. The van der Waals surface area contributed by atoms with Crippen LogP contribution >= 0.6 is 0 Å². The second kappa shape index (κ2) is 15.4. The molecule has 0 aliphatic rings. The molecular weight excluding hydrogens is 566 g/mol. The molecule has 226 valence electrons. The minimum atomic E-state index is -5.08. The molecule has 0 spiro atoms. The third-order valence-electron chi connectivity index (χ3n) is 4.98. The zero-order valence-electron chi connectivity index (χ0n) is 21.8. The molecule has 0 aliphatic carbocycles. The number of carbonyl (C=O) groups is 3. The summed E-state index contributed by atoms with van der Waals surface area (Å²) in [6.45, 7) is 1.94. The third-order valence-corrected chi connectivity index (χ3v) is 4.98. The van der Waals surface area contributed by atoms with Crippen molar-refractivity contribution in [2.45, 2.75) is 38.2 Å². The van der Waals surface area contributed by atoms with Crippen LogP contribution in [0, 0.1) is 5.41 Å². The normalized spacial score (nSPS) is 11.9. The van der Waals surface area contributed by atoms with Crippen LogP contribution in [0.1, 0.15) is 42.5 Å². The van der Waals surface area contributed by atoms with Crippen LogP contribution in [-0.4, -0.2) is 55.2 Å². The number of carbonyl (C=O) groups excluding carboxylic acids is 2. The smallest absolute Gasteiger partial charge is 0.490 e. The van der Waals surface area contributed by atoms with E-state index in [9.17, 15) is 35.9 Å². The number of halogens is 6. The number of nitrogens with one attached hydrogen (secondary N) is 3. The van der Waals surface area contributed by atoms with Crippen molar-refractivity contribution in [1.29, 1.82) is 5.41 Å². The Morgan fingerprint density at radius 2 is 1.59 bits per heavy atom. The molecule has 2 rings (SSSR count). The van der Waals surface area contributed by atoms with E-state index >= 15 is 0 Å². The fourth-order valence-electron chi connectivity index (χ4n) is 3.01. The maximum absolute atomic E-state index is 13.5. The Hall–Kier alpha value is -4.34. The average Bonchev–Trinajstić information content (AvgIpc) is 2.86. The Labute approximate surface area is 230 Å². The Morgan fingerprint density at radius 1 is 1.00 bits per heavy atom. The molecule has 0 fully saturated rings. The summed E-state index contributed by atoms with van der Waals surface area (Å²) in [4.78, 5) is 33.3. The fraction of sp³-hybridized carbons (Fsp3) is 0.360. The van der Waals surface area contributed by atoms with E-state index in [2.05, 4.69) is 10.6 Å². The Bertz CT molecular complexity index is 1200. The first kappa shape index (κ1) is 34.7. The van der Waals surface area contributed by atoms with Crippen LogP contribution in [0.25, 0.3) is 0 Å². The van der Waals surface area contributed by atoms with Crippen molar-refractivity contribution in [3.05, 3.63) is 59.2 Å². The van der Waals surface area contributed by atoms with Crippen molar-refractivity contribution in [2.24, 2.45) is 5.73 Å². The van der Waals surface area contributed by atoms with Gasteiger partial charge in [-0.2, -0.15) is 26.3 Å². The van der Waals surface area contributed by atoms with E-state index in [0.717, 1.165) is 6.07 Å². The third kappa shape index (κ3) is 12.6. The molecule has 2 amide bonds. The topological polar surface area (TPSA) is 164 Å². The predicted molar refractivity (Wildman–Crippen MR) is 134 cm³/mol. The number of aliphatic carboxylic acids is 1. The number of rotatable bonds is 11. The van der Waals surface area contributed by atoms with Gasteiger partial charge in [-0.15, -0.1) is 0 Å². The number of alkyl halides is 6. The highest BCUT2D eigenvalue weighted by Gasteiger charge is 2.38. The van der Waals surface area contributed by atoms with Crippen LogP contribution in [0.5, 0.6) is 5.75 Å². The summed E-state index contributed by atoms with van der Waals surface area (Å²) in [7, 11) is 1.49. The lowest BCUT2D eigenvalue weighted by atomic mass is 10.0. The minimum absolute atomic E-state index is 0.0646. The van der Waals surface area contributed by atoms with E-state index in [1.807, 2.05) is 0 Å². The molecule has 2 aromatic rings. The first-order valence-corrected chi connectivity index (χ1v) is 11.6. The van der Waals surface area contributed by atoms with Crippen LogP contribution in [0.4, 0.5) is 32.0 Å². The van der Waals surface area contributed by atoms with E-state index in [4.69, 9.17) is 30.5 Å². The van der Waals surface area contributed by atoms with E-state index < -0.39 is 48.2 Å². The molecule has 0 aliphatic heterocycles. The number of hydrogen-bond donors (Lipinski definition) is 5. The van der Waals surface area contributed by atoms with Gasteiger partial charge in [-0.05, 0) is 48.9 Å². The summed E-state index contributed by atoms with van der Waals surface area (Å²) >= 11 is 0. The summed E-state index contributed by atoms with van der Waals surface area (Å²) in [5, 5.41) is 19.5. The summed E-state index contributed by atoms with van der Waals surface area (Å²) < 4.78 is 82.4. The Morgan fingerprint density at radius 3 is 2.07 bits per heavy atom. The standard InChI is InChI=1S/C23H27F3N4O4.C2HF3O2/c1-14(16-6-9-19(34-11-3-10-33-2)18(12-16)23(24,25)26)29-20(31)13-21(32)30-17-7-4-15(5-8-17)22(27)28;3-2(4,5)1(6)7/h4-9,12,14H,3,10-11,13H2,1-2H3,(H3,27,28)(H,29,31)(H,30,32);(H,6,7). The second-order valence-corrected chi connectivity index (χ2v) is 8.26. The molecule has 0 saturated carbocycles. The highest BCUT2D eigenvalue weighted by atomic mass is 19.4. The lowest BCUT2D eigenvalue weighted by molar-refractivity contribution is -0.192. The molecule has 0 radical (unpaired) electrons. The highest BCUT2D eigenvalue weighted by Crippen LogP contribution is 2.38. The summed E-state index contributed by atoms with van der Waals surface area (Å²) in [6, 6.07) is 8.95. The van der Waals surface area contributed by atoms with Crippen LogP contribution in [0.15, 0.2) is 42.5 Å². The number of hydrogen-bond acceptors (Lipinski definition) is 6. The van der Waals surface area contributed by atoms with Gasteiger partial charge in [0.2, 0.25) is 11.8 Å². The van der Waals surface area contributed by atoms with Crippen molar-refractivity contribution in [3.8, 4) is 5.75 Å². The van der Waals surface area contributed by atoms with Crippen molar-refractivity contribution in [1.82, 2.24) is 5.32 Å². The predicted octanol–water partition coefficient (Wildman–Crippen LogP) is 4.24. The number of ether oxygens (including phenoxy) is 2. The van der Waals surface area contributed by atoms with Gasteiger partial charge in [0.1, 0.15) is 18.0 Å². The van der Waals surface area contributed by atoms with Gasteiger partial charge >= 0.3 is 18.3 Å². The van der Waals surface area contributed by atoms with E-state index in [1.165, 1.54) is 38.3 Å². The maximum atomic E-state index is 13.5. The molecule has 0 heterocycles. The SMILES string of the molecule is COCCCOc1ccc(C(C)NC(=O)CC(=O)Nc2ccc(C(=N)N)cc2)cc1C(F)(F)F.O=C(O)C(F)(F)F. The summed E-state index contributed by atoms with van der Waals surface area (Å²) in [5.41, 5.74) is 5.52. The van der Waals surface area contributed by atoms with Crippen LogP contribution in [0.2, 0.25) is 0 Å².